The highest BCUT2D eigenvalue weighted by Crippen LogP contribution is 2.26. The van der Waals surface area contributed by atoms with E-state index in [1.54, 1.807) is 30.6 Å². The van der Waals surface area contributed by atoms with Gasteiger partial charge in [-0.25, -0.2) is 4.98 Å². The summed E-state index contributed by atoms with van der Waals surface area (Å²) in [6.07, 6.45) is 3.46. The molecule has 1 N–H and O–H groups in total. The third kappa shape index (κ3) is 2.26. The monoisotopic (exact) mass is 254 g/mol. The van der Waals surface area contributed by atoms with Crippen LogP contribution in [0, 0.1) is 0 Å². The Morgan fingerprint density at radius 2 is 2.19 bits per heavy atom. The van der Waals surface area contributed by atoms with E-state index in [-0.39, 0.29) is 12.2 Å². The first kappa shape index (κ1) is 11.2. The fourth-order valence-electron chi connectivity index (χ4n) is 1.36. The van der Waals surface area contributed by atoms with Gasteiger partial charge in [0.25, 0.3) is 0 Å². The molecule has 1 aromatic heterocycles. The van der Waals surface area contributed by atoms with Crippen molar-refractivity contribution in [1.29, 1.82) is 0 Å². The maximum absolute atomic E-state index is 11.9. The molecule has 0 saturated carbocycles. The summed E-state index contributed by atoms with van der Waals surface area (Å²) in [5.74, 6) is 0.503. The number of hydrogen-bond acceptors (Lipinski definition) is 2. The number of aromatic nitrogens is 2. The first-order chi connectivity index (χ1) is 7.68. The highest BCUT2D eigenvalue weighted by molar-refractivity contribution is 6.43. The topological polar surface area (TPSA) is 45.8 Å². The molecule has 5 heteroatoms. The number of rotatable bonds is 3. The summed E-state index contributed by atoms with van der Waals surface area (Å²) >= 11 is 11.8. The highest BCUT2D eigenvalue weighted by Gasteiger charge is 2.13. The number of nitrogens with zero attached hydrogens (tertiary/aromatic N) is 1. The minimum Gasteiger partial charge on any atom is -0.348 e. The number of benzene rings is 1. The second-order valence-corrected chi connectivity index (χ2v) is 4.02. The van der Waals surface area contributed by atoms with Crippen LogP contribution in [-0.2, 0) is 6.42 Å². The van der Waals surface area contributed by atoms with E-state index in [9.17, 15) is 4.79 Å². The molecule has 0 amide bonds. The summed E-state index contributed by atoms with van der Waals surface area (Å²) in [6.45, 7) is 0. The number of carbonyl (C=O) groups is 1. The zero-order valence-corrected chi connectivity index (χ0v) is 9.72. The van der Waals surface area contributed by atoms with Gasteiger partial charge in [-0.15, -0.1) is 0 Å². The number of imidazole rings is 1. The molecular weight excluding hydrogens is 247 g/mol. The molecule has 1 aromatic carbocycles. The van der Waals surface area contributed by atoms with E-state index in [0.29, 0.717) is 21.4 Å². The fourth-order valence-corrected chi connectivity index (χ4v) is 1.77. The van der Waals surface area contributed by atoms with Crippen LogP contribution in [0.5, 0.6) is 0 Å². The van der Waals surface area contributed by atoms with Crippen LogP contribution in [0.3, 0.4) is 0 Å². The van der Waals surface area contributed by atoms with E-state index >= 15 is 0 Å². The SMILES string of the molecule is O=C(Cc1ncc[nH]1)c1cccc(Cl)c1Cl. The van der Waals surface area contributed by atoms with Crippen molar-refractivity contribution in [3.8, 4) is 0 Å². The Hall–Kier alpha value is -1.32. The molecule has 0 aliphatic rings. The zero-order chi connectivity index (χ0) is 11.5. The molecule has 0 aliphatic heterocycles. The lowest BCUT2D eigenvalue weighted by Crippen LogP contribution is -2.05. The maximum Gasteiger partial charge on any atom is 0.171 e. The van der Waals surface area contributed by atoms with Crippen LogP contribution in [0.1, 0.15) is 16.2 Å². The van der Waals surface area contributed by atoms with E-state index in [0.717, 1.165) is 0 Å². The van der Waals surface area contributed by atoms with Crippen LogP contribution in [-0.4, -0.2) is 15.8 Å². The number of hydrogen-bond donors (Lipinski definition) is 1. The lowest BCUT2D eigenvalue weighted by atomic mass is 10.1. The second kappa shape index (κ2) is 4.68. The zero-order valence-electron chi connectivity index (χ0n) is 8.21. The van der Waals surface area contributed by atoms with E-state index in [2.05, 4.69) is 9.97 Å². The number of halogens is 2. The summed E-state index contributed by atoms with van der Waals surface area (Å²) in [7, 11) is 0. The van der Waals surface area contributed by atoms with Gasteiger partial charge in [0.1, 0.15) is 5.82 Å². The van der Waals surface area contributed by atoms with Gasteiger partial charge in [0, 0.05) is 18.0 Å². The molecule has 0 aliphatic carbocycles. The first-order valence-electron chi connectivity index (χ1n) is 4.64. The summed E-state index contributed by atoms with van der Waals surface area (Å²) < 4.78 is 0. The standard InChI is InChI=1S/C11H8Cl2N2O/c12-8-3-1-2-7(11(8)13)9(16)6-10-14-4-5-15-10/h1-5H,6H2,(H,14,15). The van der Waals surface area contributed by atoms with Crippen molar-refractivity contribution in [2.75, 3.05) is 0 Å². The van der Waals surface area contributed by atoms with Gasteiger partial charge in [0.2, 0.25) is 0 Å². The van der Waals surface area contributed by atoms with Gasteiger partial charge in [-0.2, -0.15) is 0 Å². The van der Waals surface area contributed by atoms with Crippen LogP contribution in [0.4, 0.5) is 0 Å². The maximum atomic E-state index is 11.9. The van der Waals surface area contributed by atoms with Crippen LogP contribution in [0.15, 0.2) is 30.6 Å². The van der Waals surface area contributed by atoms with E-state index in [4.69, 9.17) is 23.2 Å². The Morgan fingerprint density at radius 1 is 1.38 bits per heavy atom. The van der Waals surface area contributed by atoms with E-state index < -0.39 is 0 Å². The van der Waals surface area contributed by atoms with Gasteiger partial charge in [0.05, 0.1) is 16.5 Å². The predicted octanol–water partition coefficient (Wildman–Crippen LogP) is 3.14. The summed E-state index contributed by atoms with van der Waals surface area (Å²) in [5, 5.41) is 0.674. The molecule has 3 nitrogen and oxygen atoms in total. The van der Waals surface area contributed by atoms with Gasteiger partial charge in [-0.3, -0.25) is 4.79 Å². The fraction of sp³-hybridized carbons (Fsp3) is 0.0909. The van der Waals surface area contributed by atoms with Gasteiger partial charge < -0.3 is 4.98 Å². The lowest BCUT2D eigenvalue weighted by molar-refractivity contribution is 0.0991. The number of H-pyrrole nitrogens is 1. The van der Waals surface area contributed by atoms with Gasteiger partial charge in [-0.1, -0.05) is 29.3 Å². The number of nitrogens with one attached hydrogen (secondary N) is 1. The molecule has 82 valence electrons. The molecule has 0 saturated heterocycles. The molecule has 0 fully saturated rings. The molecular formula is C11H8Cl2N2O. The Morgan fingerprint density at radius 3 is 2.88 bits per heavy atom. The normalized spacial score (nSPS) is 10.4. The largest absolute Gasteiger partial charge is 0.348 e. The minimum absolute atomic E-state index is 0.109. The van der Waals surface area contributed by atoms with Crippen molar-refractivity contribution in [2.45, 2.75) is 6.42 Å². The molecule has 0 unspecified atom stereocenters. The van der Waals surface area contributed by atoms with E-state index in [1.165, 1.54) is 0 Å². The Balaban J connectivity index is 2.24. The van der Waals surface area contributed by atoms with Crippen LogP contribution < -0.4 is 0 Å². The molecule has 0 spiro atoms. The van der Waals surface area contributed by atoms with Crippen LogP contribution in [0.2, 0.25) is 10.0 Å². The summed E-state index contributed by atoms with van der Waals surface area (Å²) in [4.78, 5) is 18.7. The number of Topliss-reactive ketones (excluding diaryl/α,β-unsaturated/α-hetero) is 1. The van der Waals surface area contributed by atoms with Crippen molar-refractivity contribution < 1.29 is 4.79 Å². The van der Waals surface area contributed by atoms with Crippen molar-refractivity contribution in [2.24, 2.45) is 0 Å². The molecule has 0 atom stereocenters. The molecule has 16 heavy (non-hydrogen) atoms. The first-order valence-corrected chi connectivity index (χ1v) is 5.39. The lowest BCUT2D eigenvalue weighted by Gasteiger charge is -2.03. The Labute approximate surface area is 102 Å². The third-order valence-electron chi connectivity index (χ3n) is 2.13. The quantitative estimate of drug-likeness (QED) is 0.856. The predicted molar refractivity (Wildman–Crippen MR) is 63.1 cm³/mol. The summed E-state index contributed by atoms with van der Waals surface area (Å²) in [5.41, 5.74) is 0.422. The van der Waals surface area contributed by atoms with E-state index in [1.807, 2.05) is 0 Å². The molecule has 0 radical (unpaired) electrons. The molecule has 2 aromatic rings. The van der Waals surface area contributed by atoms with Crippen molar-refractivity contribution in [3.63, 3.8) is 0 Å². The molecule has 0 bridgehead atoms. The minimum atomic E-state index is -0.109. The van der Waals surface area contributed by atoms with Gasteiger partial charge in [0.15, 0.2) is 5.78 Å². The highest BCUT2D eigenvalue weighted by atomic mass is 35.5. The van der Waals surface area contributed by atoms with Crippen molar-refractivity contribution in [1.82, 2.24) is 9.97 Å². The summed E-state index contributed by atoms with van der Waals surface area (Å²) in [6, 6.07) is 5.00. The van der Waals surface area contributed by atoms with Gasteiger partial charge >= 0.3 is 0 Å². The molecule has 2 rings (SSSR count). The number of carbonyl (C=O) groups excluding carboxylic acids is 1. The Bertz CT molecular complexity index is 509. The second-order valence-electron chi connectivity index (χ2n) is 3.24. The number of aromatic amines is 1. The number of ketones is 1. The van der Waals surface area contributed by atoms with Crippen LogP contribution in [0.25, 0.3) is 0 Å². The smallest absolute Gasteiger partial charge is 0.171 e. The average Bonchev–Trinajstić information content (AvgIpc) is 2.74. The average molecular weight is 255 g/mol. The molecule has 1 heterocycles. The van der Waals surface area contributed by atoms with Crippen LogP contribution >= 0.6 is 23.2 Å². The van der Waals surface area contributed by atoms with Gasteiger partial charge in [-0.05, 0) is 12.1 Å². The Kier molecular flexibility index (Phi) is 3.27. The third-order valence-corrected chi connectivity index (χ3v) is 2.95. The van der Waals surface area contributed by atoms with Crippen molar-refractivity contribution in [3.05, 3.63) is 52.0 Å². The van der Waals surface area contributed by atoms with Crippen molar-refractivity contribution >= 4 is 29.0 Å².